The van der Waals surface area contributed by atoms with E-state index in [4.69, 9.17) is 4.74 Å². The Balaban J connectivity index is 1.98. The number of benzene rings is 1. The van der Waals surface area contributed by atoms with Gasteiger partial charge in [0.05, 0.1) is 12.3 Å². The number of rotatable bonds is 6. The quantitative estimate of drug-likeness (QED) is 0.886. The summed E-state index contributed by atoms with van der Waals surface area (Å²) in [4.78, 5) is 12.4. The fourth-order valence-electron chi connectivity index (χ4n) is 2.45. The predicted octanol–water partition coefficient (Wildman–Crippen LogP) is 3.09. The molecule has 1 amide bonds. The van der Waals surface area contributed by atoms with Crippen LogP contribution in [0.5, 0.6) is 5.75 Å². The largest absolute Gasteiger partial charge is 0.494 e. The molecule has 0 aliphatic carbocycles. The number of carbonyl (C=O) groups excluding carboxylic acids is 1. The zero-order chi connectivity index (χ0) is 17.7. The summed E-state index contributed by atoms with van der Waals surface area (Å²) in [7, 11) is 1.80. The molecular formula is C19H27N3O2. The molecule has 0 bridgehead atoms. The summed E-state index contributed by atoms with van der Waals surface area (Å²) in [6, 6.07) is 9.78. The molecule has 0 aliphatic heterocycles. The molecule has 0 aliphatic rings. The third kappa shape index (κ3) is 4.37. The molecule has 5 nitrogen and oxygen atoms in total. The smallest absolute Gasteiger partial charge is 0.269 e. The van der Waals surface area contributed by atoms with Crippen LogP contribution in [-0.2, 0) is 18.9 Å². The number of nitrogens with one attached hydrogen (secondary N) is 1. The van der Waals surface area contributed by atoms with Gasteiger partial charge in [-0.2, -0.15) is 5.10 Å². The Morgan fingerprint density at radius 1 is 1.29 bits per heavy atom. The van der Waals surface area contributed by atoms with Gasteiger partial charge in [0.15, 0.2) is 0 Å². The second-order valence-corrected chi connectivity index (χ2v) is 6.84. The van der Waals surface area contributed by atoms with Gasteiger partial charge < -0.3 is 10.1 Å². The fraction of sp³-hybridized carbons (Fsp3) is 0.474. The van der Waals surface area contributed by atoms with E-state index in [2.05, 4.69) is 31.2 Å². The van der Waals surface area contributed by atoms with Gasteiger partial charge >= 0.3 is 0 Å². The molecule has 130 valence electrons. The summed E-state index contributed by atoms with van der Waals surface area (Å²) in [6.07, 6.45) is 0.728. The molecule has 0 saturated carbocycles. The predicted molar refractivity (Wildman–Crippen MR) is 95.6 cm³/mol. The first-order valence-corrected chi connectivity index (χ1v) is 8.36. The van der Waals surface area contributed by atoms with E-state index in [1.807, 2.05) is 37.3 Å². The number of carbonyl (C=O) groups is 1. The third-order valence-corrected chi connectivity index (χ3v) is 3.83. The summed E-state index contributed by atoms with van der Waals surface area (Å²) in [6.45, 7) is 9.41. The van der Waals surface area contributed by atoms with Crippen molar-refractivity contribution < 1.29 is 9.53 Å². The normalized spacial score (nSPS) is 11.4. The minimum atomic E-state index is -0.102. The van der Waals surface area contributed by atoms with Crippen LogP contribution in [0.3, 0.4) is 0 Å². The molecule has 1 N–H and O–H groups in total. The average molecular weight is 329 g/mol. The molecule has 0 radical (unpaired) electrons. The molecule has 1 aromatic carbocycles. The Morgan fingerprint density at radius 3 is 2.62 bits per heavy atom. The Morgan fingerprint density at radius 2 is 2.00 bits per heavy atom. The van der Waals surface area contributed by atoms with Crippen molar-refractivity contribution in [3.8, 4) is 5.75 Å². The standard InChI is InChI=1S/C19H27N3O2/c1-6-24-16-10-8-7-9-14(16)11-12-20-18(23)15-13-17(19(2,3)4)21-22(15)5/h7-10,13H,6,11-12H2,1-5H3,(H,20,23). The number of amides is 1. The Kier molecular flexibility index (Phi) is 5.65. The maximum Gasteiger partial charge on any atom is 0.269 e. The molecule has 24 heavy (non-hydrogen) atoms. The molecule has 1 heterocycles. The van der Waals surface area contributed by atoms with Crippen LogP contribution in [0, 0.1) is 0 Å². The van der Waals surface area contributed by atoms with E-state index in [0.29, 0.717) is 18.8 Å². The first kappa shape index (κ1) is 18.0. The van der Waals surface area contributed by atoms with Gasteiger partial charge in [-0.05, 0) is 31.0 Å². The number of para-hydroxylation sites is 1. The minimum absolute atomic E-state index is 0.0767. The highest BCUT2D eigenvalue weighted by Crippen LogP contribution is 2.21. The van der Waals surface area contributed by atoms with Gasteiger partial charge in [-0.25, -0.2) is 0 Å². The Hall–Kier alpha value is -2.30. The summed E-state index contributed by atoms with van der Waals surface area (Å²) < 4.78 is 7.26. The third-order valence-electron chi connectivity index (χ3n) is 3.83. The van der Waals surface area contributed by atoms with E-state index in [9.17, 15) is 4.79 Å². The van der Waals surface area contributed by atoms with Crippen LogP contribution >= 0.6 is 0 Å². The number of ether oxygens (including phenoxy) is 1. The van der Waals surface area contributed by atoms with Crippen LogP contribution in [0.2, 0.25) is 0 Å². The van der Waals surface area contributed by atoms with Gasteiger partial charge in [-0.3, -0.25) is 9.48 Å². The van der Waals surface area contributed by atoms with E-state index in [1.54, 1.807) is 11.7 Å². The fourth-order valence-corrected chi connectivity index (χ4v) is 2.45. The zero-order valence-electron chi connectivity index (χ0n) is 15.2. The van der Waals surface area contributed by atoms with Crippen molar-refractivity contribution in [3.05, 3.63) is 47.3 Å². The highest BCUT2D eigenvalue weighted by Gasteiger charge is 2.21. The van der Waals surface area contributed by atoms with E-state index in [0.717, 1.165) is 23.4 Å². The highest BCUT2D eigenvalue weighted by molar-refractivity contribution is 5.92. The topological polar surface area (TPSA) is 56.1 Å². The van der Waals surface area contributed by atoms with E-state index in [-0.39, 0.29) is 11.3 Å². The van der Waals surface area contributed by atoms with Gasteiger partial charge in [-0.15, -0.1) is 0 Å². The molecule has 0 saturated heterocycles. The lowest BCUT2D eigenvalue weighted by atomic mass is 9.92. The maximum absolute atomic E-state index is 12.4. The van der Waals surface area contributed by atoms with Crippen LogP contribution in [0.4, 0.5) is 0 Å². The molecule has 1 aromatic heterocycles. The van der Waals surface area contributed by atoms with Crippen molar-refractivity contribution in [2.75, 3.05) is 13.2 Å². The highest BCUT2D eigenvalue weighted by atomic mass is 16.5. The lowest BCUT2D eigenvalue weighted by Crippen LogP contribution is -2.27. The van der Waals surface area contributed by atoms with Crippen molar-refractivity contribution in [1.82, 2.24) is 15.1 Å². The van der Waals surface area contributed by atoms with Crippen LogP contribution < -0.4 is 10.1 Å². The summed E-state index contributed by atoms with van der Waals surface area (Å²) in [5.41, 5.74) is 2.52. The van der Waals surface area contributed by atoms with E-state index in [1.165, 1.54) is 0 Å². The number of hydrogen-bond acceptors (Lipinski definition) is 3. The van der Waals surface area contributed by atoms with Gasteiger partial charge in [0.2, 0.25) is 0 Å². The van der Waals surface area contributed by atoms with E-state index < -0.39 is 0 Å². The summed E-state index contributed by atoms with van der Waals surface area (Å²) in [5.74, 6) is 0.777. The molecule has 2 rings (SSSR count). The number of nitrogens with zero attached hydrogens (tertiary/aromatic N) is 2. The SMILES string of the molecule is CCOc1ccccc1CCNC(=O)c1cc(C(C)(C)C)nn1C. The zero-order valence-corrected chi connectivity index (χ0v) is 15.2. The van der Waals surface area contributed by atoms with Crippen LogP contribution in [-0.4, -0.2) is 28.8 Å². The van der Waals surface area contributed by atoms with Crippen molar-refractivity contribution in [2.45, 2.75) is 39.5 Å². The first-order valence-electron chi connectivity index (χ1n) is 8.36. The molecule has 5 heteroatoms. The van der Waals surface area contributed by atoms with Crippen LogP contribution in [0.25, 0.3) is 0 Å². The Labute approximate surface area is 144 Å². The monoisotopic (exact) mass is 329 g/mol. The molecular weight excluding hydrogens is 302 g/mol. The van der Waals surface area contributed by atoms with Gasteiger partial charge in [0, 0.05) is 19.0 Å². The van der Waals surface area contributed by atoms with Gasteiger partial charge in [-0.1, -0.05) is 39.0 Å². The van der Waals surface area contributed by atoms with Crippen LogP contribution in [0.1, 0.15) is 49.4 Å². The van der Waals surface area contributed by atoms with Crippen molar-refractivity contribution in [3.63, 3.8) is 0 Å². The number of aryl methyl sites for hydroxylation is 1. The molecule has 0 unspecified atom stereocenters. The number of aromatic nitrogens is 2. The van der Waals surface area contributed by atoms with Crippen molar-refractivity contribution in [2.24, 2.45) is 7.05 Å². The van der Waals surface area contributed by atoms with Gasteiger partial charge in [0.1, 0.15) is 11.4 Å². The summed E-state index contributed by atoms with van der Waals surface area (Å²) in [5, 5.41) is 7.41. The second-order valence-electron chi connectivity index (χ2n) is 6.84. The summed E-state index contributed by atoms with van der Waals surface area (Å²) >= 11 is 0. The van der Waals surface area contributed by atoms with Gasteiger partial charge in [0.25, 0.3) is 5.91 Å². The second kappa shape index (κ2) is 7.51. The Bertz CT molecular complexity index is 699. The lowest BCUT2D eigenvalue weighted by molar-refractivity contribution is 0.0944. The van der Waals surface area contributed by atoms with Crippen LogP contribution in [0.15, 0.2) is 30.3 Å². The lowest BCUT2D eigenvalue weighted by Gasteiger charge is -2.13. The average Bonchev–Trinajstić information content (AvgIpc) is 2.91. The van der Waals surface area contributed by atoms with E-state index >= 15 is 0 Å². The minimum Gasteiger partial charge on any atom is -0.494 e. The van der Waals surface area contributed by atoms with Crippen molar-refractivity contribution >= 4 is 5.91 Å². The maximum atomic E-state index is 12.4. The molecule has 0 fully saturated rings. The number of hydrogen-bond donors (Lipinski definition) is 1. The molecule has 2 aromatic rings. The van der Waals surface area contributed by atoms with Crippen molar-refractivity contribution in [1.29, 1.82) is 0 Å². The molecule has 0 spiro atoms. The first-order chi connectivity index (χ1) is 11.3. The molecule has 0 atom stereocenters.